The molecule has 1 heterocycles. The van der Waals surface area contributed by atoms with Gasteiger partial charge in [-0.05, 0) is 36.8 Å². The number of hydrogen-bond donors (Lipinski definition) is 2. The second-order valence-electron chi connectivity index (χ2n) is 6.34. The largest absolute Gasteiger partial charge is 0.288 e. The lowest BCUT2D eigenvalue weighted by Gasteiger charge is -2.08. The first-order valence-corrected chi connectivity index (χ1v) is 9.91. The SMILES string of the molecule is Cc1ccc(CSc2ccc(C(=O)NNC(=O)c3ccccn3)cc2[N+](=O)[O-])cc1. The molecule has 3 aromatic rings. The van der Waals surface area contributed by atoms with Gasteiger partial charge in [0.1, 0.15) is 5.69 Å². The van der Waals surface area contributed by atoms with Gasteiger partial charge in [-0.1, -0.05) is 35.9 Å². The van der Waals surface area contributed by atoms with E-state index in [1.54, 1.807) is 12.1 Å². The molecule has 3 rings (SSSR count). The maximum atomic E-state index is 12.3. The van der Waals surface area contributed by atoms with E-state index in [9.17, 15) is 19.7 Å². The number of thioether (sulfide) groups is 1. The maximum Gasteiger partial charge on any atom is 0.288 e. The summed E-state index contributed by atoms with van der Waals surface area (Å²) >= 11 is 1.32. The lowest BCUT2D eigenvalue weighted by Crippen LogP contribution is -2.41. The van der Waals surface area contributed by atoms with Gasteiger partial charge in [-0.3, -0.25) is 35.5 Å². The monoisotopic (exact) mass is 422 g/mol. The van der Waals surface area contributed by atoms with Crippen LogP contribution in [0.5, 0.6) is 0 Å². The van der Waals surface area contributed by atoms with Gasteiger partial charge in [0.05, 0.1) is 9.82 Å². The van der Waals surface area contributed by atoms with Gasteiger partial charge in [0, 0.05) is 23.6 Å². The van der Waals surface area contributed by atoms with Crippen LogP contribution in [-0.2, 0) is 5.75 Å². The number of benzene rings is 2. The van der Waals surface area contributed by atoms with Crippen LogP contribution in [0, 0.1) is 17.0 Å². The molecule has 0 bridgehead atoms. The van der Waals surface area contributed by atoms with Crippen LogP contribution < -0.4 is 10.9 Å². The van der Waals surface area contributed by atoms with Crippen molar-refractivity contribution in [3.63, 3.8) is 0 Å². The van der Waals surface area contributed by atoms with Gasteiger partial charge in [-0.25, -0.2) is 0 Å². The molecule has 2 N–H and O–H groups in total. The summed E-state index contributed by atoms with van der Waals surface area (Å²) < 4.78 is 0. The minimum absolute atomic E-state index is 0.0581. The highest BCUT2D eigenvalue weighted by molar-refractivity contribution is 7.98. The summed E-state index contributed by atoms with van der Waals surface area (Å²) in [4.78, 5) is 39.5. The topological polar surface area (TPSA) is 114 Å². The third kappa shape index (κ3) is 5.42. The molecule has 0 aliphatic rings. The minimum atomic E-state index is -0.669. The first kappa shape index (κ1) is 21.0. The third-order valence-electron chi connectivity index (χ3n) is 4.12. The number of nitro benzene ring substituents is 1. The zero-order valence-corrected chi connectivity index (χ0v) is 16.8. The van der Waals surface area contributed by atoms with E-state index in [4.69, 9.17) is 0 Å². The summed E-state index contributed by atoms with van der Waals surface area (Å²) in [7, 11) is 0. The summed E-state index contributed by atoms with van der Waals surface area (Å²) in [5.74, 6) is -0.700. The molecule has 0 unspecified atom stereocenters. The summed E-state index contributed by atoms with van der Waals surface area (Å²) in [6.07, 6.45) is 1.45. The molecule has 0 atom stereocenters. The Balaban J connectivity index is 1.67. The van der Waals surface area contributed by atoms with Gasteiger partial charge in [0.15, 0.2) is 0 Å². The number of aryl methyl sites for hydroxylation is 1. The van der Waals surface area contributed by atoms with Crippen molar-refractivity contribution in [3.05, 3.63) is 99.4 Å². The van der Waals surface area contributed by atoms with Crippen molar-refractivity contribution in [1.82, 2.24) is 15.8 Å². The highest BCUT2D eigenvalue weighted by atomic mass is 32.2. The quantitative estimate of drug-likeness (QED) is 0.356. The standard InChI is InChI=1S/C21H18N4O4S/c1-14-5-7-15(8-6-14)13-30-19-10-9-16(12-18(19)25(28)29)20(26)23-24-21(27)17-4-2-3-11-22-17/h2-12H,13H2,1H3,(H,23,26)(H,24,27). The van der Waals surface area contributed by atoms with Crippen LogP contribution in [0.1, 0.15) is 32.0 Å². The lowest BCUT2D eigenvalue weighted by molar-refractivity contribution is -0.387. The molecule has 8 nitrogen and oxygen atoms in total. The highest BCUT2D eigenvalue weighted by Crippen LogP contribution is 2.32. The van der Waals surface area contributed by atoms with E-state index in [1.165, 1.54) is 42.2 Å². The average molecular weight is 422 g/mol. The zero-order chi connectivity index (χ0) is 21.5. The molecule has 0 fully saturated rings. The van der Waals surface area contributed by atoms with Gasteiger partial charge in [-0.15, -0.1) is 11.8 Å². The summed E-state index contributed by atoms with van der Waals surface area (Å²) in [6, 6.07) is 16.9. The van der Waals surface area contributed by atoms with Crippen molar-refractivity contribution in [2.24, 2.45) is 0 Å². The number of pyridine rings is 1. The smallest absolute Gasteiger partial charge is 0.267 e. The van der Waals surface area contributed by atoms with Crippen LogP contribution in [0.2, 0.25) is 0 Å². The van der Waals surface area contributed by atoms with Crippen molar-refractivity contribution in [2.75, 3.05) is 0 Å². The van der Waals surface area contributed by atoms with Gasteiger partial charge in [-0.2, -0.15) is 0 Å². The Bertz CT molecular complexity index is 1070. The number of hydrazine groups is 1. The highest BCUT2D eigenvalue weighted by Gasteiger charge is 2.18. The average Bonchev–Trinajstić information content (AvgIpc) is 2.77. The molecule has 30 heavy (non-hydrogen) atoms. The number of nitrogens with one attached hydrogen (secondary N) is 2. The normalized spacial score (nSPS) is 10.3. The van der Waals surface area contributed by atoms with Crippen LogP contribution in [0.25, 0.3) is 0 Å². The fourth-order valence-corrected chi connectivity index (χ4v) is 3.48. The van der Waals surface area contributed by atoms with Crippen LogP contribution in [0.4, 0.5) is 5.69 Å². The van der Waals surface area contributed by atoms with E-state index < -0.39 is 16.7 Å². The molecule has 0 aliphatic heterocycles. The summed E-state index contributed by atoms with van der Waals surface area (Å²) in [5.41, 5.74) is 6.67. The fraction of sp³-hybridized carbons (Fsp3) is 0.0952. The van der Waals surface area contributed by atoms with E-state index in [2.05, 4.69) is 15.8 Å². The second-order valence-corrected chi connectivity index (χ2v) is 7.35. The molecule has 1 aromatic heterocycles. The van der Waals surface area contributed by atoms with E-state index in [0.29, 0.717) is 10.6 Å². The number of nitrogens with zero attached hydrogens (tertiary/aromatic N) is 2. The number of carbonyl (C=O) groups excluding carboxylic acids is 2. The minimum Gasteiger partial charge on any atom is -0.267 e. The van der Waals surface area contributed by atoms with Gasteiger partial charge < -0.3 is 0 Å². The Kier molecular flexibility index (Phi) is 6.76. The van der Waals surface area contributed by atoms with E-state index in [0.717, 1.165) is 11.1 Å². The maximum absolute atomic E-state index is 12.3. The fourth-order valence-electron chi connectivity index (χ4n) is 2.52. The van der Waals surface area contributed by atoms with E-state index >= 15 is 0 Å². The molecule has 2 aromatic carbocycles. The van der Waals surface area contributed by atoms with Crippen LogP contribution >= 0.6 is 11.8 Å². The van der Waals surface area contributed by atoms with E-state index in [-0.39, 0.29) is 16.9 Å². The Morgan fingerprint density at radius 1 is 1.03 bits per heavy atom. The van der Waals surface area contributed by atoms with Gasteiger partial charge in [0.2, 0.25) is 0 Å². The van der Waals surface area contributed by atoms with Gasteiger partial charge in [0.25, 0.3) is 17.5 Å². The van der Waals surface area contributed by atoms with Crippen LogP contribution in [0.3, 0.4) is 0 Å². The van der Waals surface area contributed by atoms with Gasteiger partial charge >= 0.3 is 0 Å². The number of nitro groups is 1. The molecule has 9 heteroatoms. The molecule has 0 spiro atoms. The summed E-state index contributed by atoms with van der Waals surface area (Å²) in [5, 5.41) is 11.5. The molecule has 0 aliphatic carbocycles. The predicted octanol–water partition coefficient (Wildman–Crippen LogP) is 3.67. The first-order chi connectivity index (χ1) is 14.4. The zero-order valence-electron chi connectivity index (χ0n) is 16.0. The molecule has 0 saturated heterocycles. The molecular formula is C21H18N4O4S. The molecular weight excluding hydrogens is 404 g/mol. The van der Waals surface area contributed by atoms with Crippen molar-refractivity contribution in [1.29, 1.82) is 0 Å². The molecule has 2 amide bonds. The Labute approximate surface area is 176 Å². The number of hydrogen-bond acceptors (Lipinski definition) is 6. The Morgan fingerprint density at radius 3 is 2.43 bits per heavy atom. The molecule has 152 valence electrons. The summed E-state index contributed by atoms with van der Waals surface area (Å²) in [6.45, 7) is 1.99. The number of rotatable bonds is 6. The number of aromatic nitrogens is 1. The number of amides is 2. The van der Waals surface area contributed by atoms with Crippen molar-refractivity contribution in [3.8, 4) is 0 Å². The molecule has 0 saturated carbocycles. The third-order valence-corrected chi connectivity index (χ3v) is 5.25. The Hall–Kier alpha value is -3.72. The molecule has 0 radical (unpaired) electrons. The van der Waals surface area contributed by atoms with Crippen molar-refractivity contribution < 1.29 is 14.5 Å². The van der Waals surface area contributed by atoms with E-state index in [1.807, 2.05) is 31.2 Å². The van der Waals surface area contributed by atoms with Crippen LogP contribution in [-0.4, -0.2) is 21.7 Å². The first-order valence-electron chi connectivity index (χ1n) is 8.92. The van der Waals surface area contributed by atoms with Crippen molar-refractivity contribution >= 4 is 29.3 Å². The predicted molar refractivity (Wildman–Crippen MR) is 113 cm³/mol. The van der Waals surface area contributed by atoms with Crippen molar-refractivity contribution in [2.45, 2.75) is 17.6 Å². The lowest BCUT2D eigenvalue weighted by atomic mass is 10.2. The van der Waals surface area contributed by atoms with Crippen LogP contribution in [0.15, 0.2) is 71.8 Å². The Morgan fingerprint density at radius 2 is 1.77 bits per heavy atom. The second kappa shape index (κ2) is 9.66. The number of carbonyl (C=O) groups is 2.